The summed E-state index contributed by atoms with van der Waals surface area (Å²) in [5, 5.41) is 16.2. The van der Waals surface area contributed by atoms with Crippen LogP contribution in [0.3, 0.4) is 0 Å². The molecule has 1 N–H and O–H groups in total. The van der Waals surface area contributed by atoms with Gasteiger partial charge in [0.2, 0.25) is 0 Å². The molecule has 4 aromatic rings. The molecule has 4 rings (SSSR count). The first-order chi connectivity index (χ1) is 15.8. The maximum Gasteiger partial charge on any atom is 0.270 e. The molecular formula is C23H21Cl2N5OS2. The van der Waals surface area contributed by atoms with Gasteiger partial charge in [-0.15, -0.1) is 21.5 Å². The Bertz CT molecular complexity index is 1300. The molecule has 33 heavy (non-hydrogen) atoms. The third-order valence-electron chi connectivity index (χ3n) is 4.69. The minimum Gasteiger partial charge on any atom is -0.349 e. The Morgan fingerprint density at radius 3 is 2.73 bits per heavy atom. The van der Waals surface area contributed by atoms with Gasteiger partial charge in [-0.05, 0) is 50.6 Å². The molecule has 1 amide bonds. The number of carbonyl (C=O) groups excluding carboxylic acids is 1. The van der Waals surface area contributed by atoms with Crippen molar-refractivity contribution in [1.82, 2.24) is 25.1 Å². The fourth-order valence-electron chi connectivity index (χ4n) is 3.16. The monoisotopic (exact) mass is 517 g/mol. The first-order valence-corrected chi connectivity index (χ1v) is 12.8. The van der Waals surface area contributed by atoms with E-state index in [-0.39, 0.29) is 11.9 Å². The molecule has 0 aliphatic heterocycles. The second-order valence-corrected chi connectivity index (χ2v) is 10.3. The highest BCUT2D eigenvalue weighted by molar-refractivity contribution is 7.98. The van der Waals surface area contributed by atoms with Crippen LogP contribution in [0.5, 0.6) is 0 Å². The molecule has 0 aliphatic rings. The Labute approximate surface area is 210 Å². The Morgan fingerprint density at radius 2 is 1.97 bits per heavy atom. The van der Waals surface area contributed by atoms with Crippen LogP contribution in [-0.4, -0.2) is 31.7 Å². The molecule has 2 aromatic heterocycles. The van der Waals surface area contributed by atoms with E-state index in [9.17, 15) is 4.79 Å². The smallest absolute Gasteiger partial charge is 0.270 e. The number of aromatic nitrogens is 4. The number of aryl methyl sites for hydroxylation is 1. The van der Waals surface area contributed by atoms with Crippen molar-refractivity contribution in [2.45, 2.75) is 37.7 Å². The minimum atomic E-state index is -0.170. The number of hydrogen-bond acceptors (Lipinski definition) is 6. The number of benzene rings is 2. The molecule has 10 heteroatoms. The average molecular weight is 518 g/mol. The molecule has 2 heterocycles. The van der Waals surface area contributed by atoms with Gasteiger partial charge >= 0.3 is 0 Å². The quantitative estimate of drug-likeness (QED) is 0.285. The van der Waals surface area contributed by atoms with E-state index in [1.165, 1.54) is 23.1 Å². The lowest BCUT2D eigenvalue weighted by Crippen LogP contribution is -2.30. The second kappa shape index (κ2) is 10.3. The molecule has 0 fully saturated rings. The fourth-order valence-corrected chi connectivity index (χ4v) is 5.29. The van der Waals surface area contributed by atoms with E-state index in [4.69, 9.17) is 23.2 Å². The Hall–Kier alpha value is -2.39. The zero-order chi connectivity index (χ0) is 23.5. The van der Waals surface area contributed by atoms with Gasteiger partial charge in [0.15, 0.2) is 11.0 Å². The molecule has 0 unspecified atom stereocenters. The predicted molar refractivity (Wildman–Crippen MR) is 136 cm³/mol. The normalized spacial score (nSPS) is 11.2. The van der Waals surface area contributed by atoms with Crippen molar-refractivity contribution in [3.63, 3.8) is 0 Å². The van der Waals surface area contributed by atoms with Crippen LogP contribution in [0.4, 0.5) is 0 Å². The number of thioether (sulfide) groups is 1. The lowest BCUT2D eigenvalue weighted by atomic mass is 10.1. The number of rotatable bonds is 7. The van der Waals surface area contributed by atoms with Crippen LogP contribution in [0.15, 0.2) is 53.0 Å². The molecule has 0 radical (unpaired) electrons. The molecule has 2 aromatic carbocycles. The summed E-state index contributed by atoms with van der Waals surface area (Å²) in [5.74, 6) is 1.00. The van der Waals surface area contributed by atoms with E-state index in [0.29, 0.717) is 32.5 Å². The van der Waals surface area contributed by atoms with Crippen molar-refractivity contribution >= 4 is 52.2 Å². The first-order valence-electron chi connectivity index (χ1n) is 10.2. The standard InChI is InChI=1S/C23H21Cl2N5OS2/c1-13(2)26-22(31)18-11-32-20(27-18)12-33-23-29-28-21(16-6-4-5-7-17(16)25)30(23)19-10-15(24)9-8-14(19)3/h4-11,13H,12H2,1-3H3,(H,26,31). The van der Waals surface area contributed by atoms with E-state index in [0.717, 1.165) is 21.8 Å². The SMILES string of the molecule is Cc1ccc(Cl)cc1-n1c(SCc2nc(C(=O)NC(C)C)cs2)nnc1-c1ccccc1Cl. The molecule has 6 nitrogen and oxygen atoms in total. The van der Waals surface area contributed by atoms with Crippen LogP contribution in [0.2, 0.25) is 10.0 Å². The van der Waals surface area contributed by atoms with Crippen LogP contribution in [-0.2, 0) is 5.75 Å². The van der Waals surface area contributed by atoms with Crippen molar-refractivity contribution in [1.29, 1.82) is 0 Å². The van der Waals surface area contributed by atoms with Crippen LogP contribution >= 0.6 is 46.3 Å². The van der Waals surface area contributed by atoms with E-state index < -0.39 is 0 Å². The van der Waals surface area contributed by atoms with Gasteiger partial charge in [0.05, 0.1) is 16.5 Å². The topological polar surface area (TPSA) is 72.7 Å². The summed E-state index contributed by atoms with van der Waals surface area (Å²) in [6, 6.07) is 13.3. The molecule has 0 atom stereocenters. The maximum atomic E-state index is 12.2. The van der Waals surface area contributed by atoms with Crippen LogP contribution in [0.1, 0.15) is 34.9 Å². The van der Waals surface area contributed by atoms with Crippen LogP contribution in [0.25, 0.3) is 17.1 Å². The first kappa shape index (κ1) is 23.8. The highest BCUT2D eigenvalue weighted by Crippen LogP contribution is 2.35. The zero-order valence-corrected chi connectivity index (χ0v) is 21.3. The number of thiazole rings is 1. The molecule has 0 saturated carbocycles. The van der Waals surface area contributed by atoms with E-state index in [1.54, 1.807) is 5.38 Å². The summed E-state index contributed by atoms with van der Waals surface area (Å²) >= 11 is 15.7. The molecule has 0 saturated heterocycles. The predicted octanol–water partition coefficient (Wildman–Crippen LogP) is 6.44. The lowest BCUT2D eigenvalue weighted by molar-refractivity contribution is 0.0938. The van der Waals surface area contributed by atoms with Crippen molar-refractivity contribution in [3.05, 3.63) is 74.2 Å². The summed E-state index contributed by atoms with van der Waals surface area (Å²) in [5.41, 5.74) is 3.10. The molecule has 0 aliphatic carbocycles. The van der Waals surface area contributed by atoms with Gasteiger partial charge in [-0.1, -0.05) is 53.2 Å². The summed E-state index contributed by atoms with van der Waals surface area (Å²) in [6.45, 7) is 5.85. The molecule has 170 valence electrons. The minimum absolute atomic E-state index is 0.0553. The fraction of sp³-hybridized carbons (Fsp3) is 0.217. The average Bonchev–Trinajstić information content (AvgIpc) is 3.41. The van der Waals surface area contributed by atoms with Gasteiger partial charge in [0, 0.05) is 22.0 Å². The van der Waals surface area contributed by atoms with Gasteiger partial charge in [0.25, 0.3) is 5.91 Å². The Balaban J connectivity index is 1.68. The lowest BCUT2D eigenvalue weighted by Gasteiger charge is -2.14. The molecular weight excluding hydrogens is 497 g/mol. The van der Waals surface area contributed by atoms with Gasteiger partial charge in [-0.25, -0.2) is 4.98 Å². The second-order valence-electron chi connectivity index (χ2n) is 7.60. The van der Waals surface area contributed by atoms with Crippen molar-refractivity contribution in [2.24, 2.45) is 0 Å². The van der Waals surface area contributed by atoms with Gasteiger partial charge < -0.3 is 5.32 Å². The summed E-state index contributed by atoms with van der Waals surface area (Å²) in [6.07, 6.45) is 0. The summed E-state index contributed by atoms with van der Waals surface area (Å²) in [7, 11) is 0. The van der Waals surface area contributed by atoms with E-state index >= 15 is 0 Å². The molecule has 0 bridgehead atoms. The molecule has 0 spiro atoms. The van der Waals surface area contributed by atoms with Crippen molar-refractivity contribution in [2.75, 3.05) is 0 Å². The Morgan fingerprint density at radius 1 is 1.18 bits per heavy atom. The number of nitrogens with one attached hydrogen (secondary N) is 1. The van der Waals surface area contributed by atoms with Gasteiger partial charge in [-0.3, -0.25) is 9.36 Å². The number of halogens is 2. The van der Waals surface area contributed by atoms with E-state index in [2.05, 4.69) is 20.5 Å². The van der Waals surface area contributed by atoms with Crippen LogP contribution in [0, 0.1) is 6.92 Å². The highest BCUT2D eigenvalue weighted by Gasteiger charge is 2.20. The Kier molecular flexibility index (Phi) is 7.38. The number of amides is 1. The maximum absolute atomic E-state index is 12.2. The largest absolute Gasteiger partial charge is 0.349 e. The number of carbonyl (C=O) groups is 1. The van der Waals surface area contributed by atoms with E-state index in [1.807, 2.05) is 67.8 Å². The number of nitrogens with zero attached hydrogens (tertiary/aromatic N) is 4. The van der Waals surface area contributed by atoms with Crippen molar-refractivity contribution < 1.29 is 4.79 Å². The van der Waals surface area contributed by atoms with Gasteiger partial charge in [0.1, 0.15) is 10.7 Å². The number of hydrogen-bond donors (Lipinski definition) is 1. The highest BCUT2D eigenvalue weighted by atomic mass is 35.5. The summed E-state index contributed by atoms with van der Waals surface area (Å²) in [4.78, 5) is 16.7. The van der Waals surface area contributed by atoms with Crippen LogP contribution < -0.4 is 5.32 Å². The van der Waals surface area contributed by atoms with Gasteiger partial charge in [-0.2, -0.15) is 0 Å². The third-order valence-corrected chi connectivity index (χ3v) is 7.23. The summed E-state index contributed by atoms with van der Waals surface area (Å²) < 4.78 is 1.97. The third kappa shape index (κ3) is 5.41. The van der Waals surface area contributed by atoms with Crippen molar-refractivity contribution in [3.8, 4) is 17.1 Å². The zero-order valence-electron chi connectivity index (χ0n) is 18.2.